The van der Waals surface area contributed by atoms with Crippen molar-refractivity contribution in [2.24, 2.45) is 0 Å². The number of allylic oxidation sites excluding steroid dienone is 1. The molecule has 3 nitrogen and oxygen atoms in total. The monoisotopic (exact) mass is 251 g/mol. The number of benzene rings is 1. The van der Waals surface area contributed by atoms with Crippen molar-refractivity contribution in [2.75, 3.05) is 6.54 Å². The smallest absolute Gasteiger partial charge is 0.263 e. The van der Waals surface area contributed by atoms with Gasteiger partial charge in [0.15, 0.2) is 0 Å². The van der Waals surface area contributed by atoms with Crippen molar-refractivity contribution < 1.29 is 8.42 Å². The van der Waals surface area contributed by atoms with Crippen LogP contribution in [0.1, 0.15) is 25.3 Å². The van der Waals surface area contributed by atoms with Gasteiger partial charge in [0.1, 0.15) is 0 Å². The number of sulfonamides is 1. The molecule has 4 heteroatoms. The Morgan fingerprint density at radius 2 is 1.76 bits per heavy atom. The lowest BCUT2D eigenvalue weighted by Crippen LogP contribution is -2.29. The van der Waals surface area contributed by atoms with Gasteiger partial charge in [0.05, 0.1) is 4.90 Å². The first-order valence-electron chi connectivity index (χ1n) is 5.76. The van der Waals surface area contributed by atoms with Crippen LogP contribution in [-0.2, 0) is 10.0 Å². The Kier molecular flexibility index (Phi) is 3.24. The van der Waals surface area contributed by atoms with Gasteiger partial charge in [0.25, 0.3) is 10.0 Å². The van der Waals surface area contributed by atoms with E-state index < -0.39 is 10.0 Å². The van der Waals surface area contributed by atoms with Crippen molar-refractivity contribution in [1.29, 1.82) is 0 Å². The van der Waals surface area contributed by atoms with Crippen LogP contribution < -0.4 is 0 Å². The molecule has 0 amide bonds. The minimum absolute atomic E-state index is 0.369. The van der Waals surface area contributed by atoms with Crippen molar-refractivity contribution in [3.63, 3.8) is 0 Å². The average molecular weight is 251 g/mol. The Bertz CT molecular complexity index is 529. The van der Waals surface area contributed by atoms with E-state index in [-0.39, 0.29) is 0 Å². The Morgan fingerprint density at radius 1 is 1.12 bits per heavy atom. The summed E-state index contributed by atoms with van der Waals surface area (Å²) in [6, 6.07) is 6.99. The summed E-state index contributed by atoms with van der Waals surface area (Å²) >= 11 is 0. The van der Waals surface area contributed by atoms with Crippen LogP contribution in [0.15, 0.2) is 40.9 Å². The molecule has 0 aromatic heterocycles. The molecule has 1 aromatic rings. The topological polar surface area (TPSA) is 37.4 Å². The summed E-state index contributed by atoms with van der Waals surface area (Å²) in [4.78, 5) is 0.369. The molecule has 0 aliphatic carbocycles. The van der Waals surface area contributed by atoms with Crippen molar-refractivity contribution in [1.82, 2.24) is 4.31 Å². The van der Waals surface area contributed by atoms with E-state index in [1.807, 2.05) is 26.0 Å². The van der Waals surface area contributed by atoms with Crippen molar-refractivity contribution in [3.05, 3.63) is 41.6 Å². The summed E-state index contributed by atoms with van der Waals surface area (Å²) in [7, 11) is -3.35. The molecule has 1 heterocycles. The summed E-state index contributed by atoms with van der Waals surface area (Å²) in [5.74, 6) is 0. The van der Waals surface area contributed by atoms with Crippen LogP contribution in [0, 0.1) is 6.92 Å². The summed E-state index contributed by atoms with van der Waals surface area (Å²) in [5.41, 5.74) is 2.18. The summed E-state index contributed by atoms with van der Waals surface area (Å²) in [6.07, 6.45) is 3.63. The summed E-state index contributed by atoms with van der Waals surface area (Å²) < 4.78 is 26.1. The molecule has 2 rings (SSSR count). The molecule has 0 fully saturated rings. The molecule has 0 radical (unpaired) electrons. The zero-order valence-corrected chi connectivity index (χ0v) is 11.0. The van der Waals surface area contributed by atoms with E-state index in [1.165, 1.54) is 4.31 Å². The van der Waals surface area contributed by atoms with E-state index >= 15 is 0 Å². The predicted octanol–water partition coefficient (Wildman–Crippen LogP) is 2.68. The molecule has 1 aromatic carbocycles. The molecule has 0 bridgehead atoms. The van der Waals surface area contributed by atoms with Crippen LogP contribution in [0.25, 0.3) is 0 Å². The van der Waals surface area contributed by atoms with Gasteiger partial charge in [-0.15, -0.1) is 0 Å². The zero-order valence-electron chi connectivity index (χ0n) is 10.2. The second kappa shape index (κ2) is 4.53. The van der Waals surface area contributed by atoms with Crippen molar-refractivity contribution in [2.45, 2.75) is 31.6 Å². The van der Waals surface area contributed by atoms with E-state index in [9.17, 15) is 8.42 Å². The lowest BCUT2D eigenvalue weighted by Gasteiger charge is -2.25. The number of aryl methyl sites for hydroxylation is 1. The third-order valence-corrected chi connectivity index (χ3v) is 4.71. The van der Waals surface area contributed by atoms with Gasteiger partial charge in [-0.2, -0.15) is 0 Å². The number of hydrogen-bond donors (Lipinski definition) is 0. The van der Waals surface area contributed by atoms with Crippen LogP contribution in [-0.4, -0.2) is 19.3 Å². The minimum Gasteiger partial charge on any atom is -0.273 e. The summed E-state index contributed by atoms with van der Waals surface area (Å²) in [5, 5.41) is 0. The Balaban J connectivity index is 2.36. The maximum atomic E-state index is 12.3. The highest BCUT2D eigenvalue weighted by Crippen LogP contribution is 2.22. The standard InChI is InChI=1S/C13H17NO2S/c1-11-5-7-13(8-6-11)17(15,16)14-9-3-4-12(2)10-14/h5-8,10H,3-4,9H2,1-2H3. The second-order valence-electron chi connectivity index (χ2n) is 4.51. The van der Waals surface area contributed by atoms with Gasteiger partial charge >= 0.3 is 0 Å². The van der Waals surface area contributed by atoms with Gasteiger partial charge in [-0.1, -0.05) is 23.3 Å². The van der Waals surface area contributed by atoms with E-state index in [4.69, 9.17) is 0 Å². The maximum Gasteiger partial charge on any atom is 0.263 e. The van der Waals surface area contributed by atoms with Crippen LogP contribution in [0.4, 0.5) is 0 Å². The molecule has 92 valence electrons. The molecular weight excluding hydrogens is 234 g/mol. The number of nitrogens with zero attached hydrogens (tertiary/aromatic N) is 1. The molecule has 1 aliphatic rings. The van der Waals surface area contributed by atoms with Crippen LogP contribution in [0.5, 0.6) is 0 Å². The zero-order chi connectivity index (χ0) is 12.5. The maximum absolute atomic E-state index is 12.3. The highest BCUT2D eigenvalue weighted by atomic mass is 32.2. The third-order valence-electron chi connectivity index (χ3n) is 2.94. The molecule has 0 spiro atoms. The van der Waals surface area contributed by atoms with Crippen LogP contribution >= 0.6 is 0 Å². The van der Waals surface area contributed by atoms with Crippen LogP contribution in [0.2, 0.25) is 0 Å². The molecular formula is C13H17NO2S. The SMILES string of the molecule is CC1=CN(S(=O)(=O)c2ccc(C)cc2)CCC1. The Morgan fingerprint density at radius 3 is 2.35 bits per heavy atom. The fraction of sp³-hybridized carbons (Fsp3) is 0.385. The lowest BCUT2D eigenvalue weighted by atomic mass is 10.1. The Labute approximate surface area is 103 Å². The van der Waals surface area contributed by atoms with Gasteiger partial charge in [0, 0.05) is 12.7 Å². The molecule has 0 unspecified atom stereocenters. The van der Waals surface area contributed by atoms with Gasteiger partial charge in [0.2, 0.25) is 0 Å². The first-order chi connectivity index (χ1) is 8.00. The highest BCUT2D eigenvalue weighted by molar-refractivity contribution is 7.89. The summed E-state index contributed by atoms with van der Waals surface area (Å²) in [6.45, 7) is 4.49. The van der Waals surface area contributed by atoms with Gasteiger partial charge in [-0.05, 0) is 38.8 Å². The Hall–Kier alpha value is -1.29. The number of rotatable bonds is 2. The van der Waals surface area contributed by atoms with Crippen molar-refractivity contribution >= 4 is 10.0 Å². The third kappa shape index (κ3) is 2.52. The van der Waals surface area contributed by atoms with E-state index in [0.29, 0.717) is 11.4 Å². The number of hydrogen-bond acceptors (Lipinski definition) is 2. The fourth-order valence-corrected chi connectivity index (χ4v) is 3.36. The van der Waals surface area contributed by atoms with Crippen LogP contribution in [0.3, 0.4) is 0 Å². The van der Waals surface area contributed by atoms with E-state index in [2.05, 4.69) is 0 Å². The van der Waals surface area contributed by atoms with Crippen molar-refractivity contribution in [3.8, 4) is 0 Å². The van der Waals surface area contributed by atoms with E-state index in [1.54, 1.807) is 18.3 Å². The lowest BCUT2D eigenvalue weighted by molar-refractivity contribution is 0.469. The minimum atomic E-state index is -3.35. The first kappa shape index (κ1) is 12.2. The largest absolute Gasteiger partial charge is 0.273 e. The normalized spacial score (nSPS) is 16.8. The molecule has 0 N–H and O–H groups in total. The van der Waals surface area contributed by atoms with Gasteiger partial charge in [-0.25, -0.2) is 8.42 Å². The molecule has 17 heavy (non-hydrogen) atoms. The first-order valence-corrected chi connectivity index (χ1v) is 7.20. The van der Waals surface area contributed by atoms with Gasteiger partial charge < -0.3 is 0 Å². The van der Waals surface area contributed by atoms with E-state index in [0.717, 1.165) is 24.0 Å². The average Bonchev–Trinajstić information content (AvgIpc) is 2.29. The molecule has 1 aliphatic heterocycles. The predicted molar refractivity (Wildman–Crippen MR) is 68.1 cm³/mol. The highest BCUT2D eigenvalue weighted by Gasteiger charge is 2.23. The fourth-order valence-electron chi connectivity index (χ4n) is 1.92. The molecule has 0 saturated heterocycles. The molecule has 0 saturated carbocycles. The quantitative estimate of drug-likeness (QED) is 0.810. The second-order valence-corrected chi connectivity index (χ2v) is 6.40. The molecule has 0 atom stereocenters. The van der Waals surface area contributed by atoms with Gasteiger partial charge in [-0.3, -0.25) is 4.31 Å².